The summed E-state index contributed by atoms with van der Waals surface area (Å²) in [5, 5.41) is 9.38. The normalized spacial score (nSPS) is 23.4. The molecule has 4 nitrogen and oxygen atoms in total. The molecule has 0 atom stereocenters. The largest absolute Gasteiger partial charge is 0.481 e. The molecule has 1 N–H and O–H groups in total. The number of carboxylic acids is 1. The second-order valence-corrected chi connectivity index (χ2v) is 5.76. The molecule has 2 saturated heterocycles. The van der Waals surface area contributed by atoms with Gasteiger partial charge in [0, 0.05) is 13.1 Å². The van der Waals surface area contributed by atoms with E-state index in [-0.39, 0.29) is 5.92 Å². The predicted molar refractivity (Wildman–Crippen MR) is 71.7 cm³/mol. The Kier molecular flexibility index (Phi) is 5.45. The Bertz CT molecular complexity index is 239. The molecule has 0 radical (unpaired) electrons. The molecule has 4 heteroatoms. The van der Waals surface area contributed by atoms with Gasteiger partial charge in [-0.15, -0.1) is 0 Å². The lowest BCUT2D eigenvalue weighted by Gasteiger charge is -2.33. The fourth-order valence-corrected chi connectivity index (χ4v) is 3.12. The summed E-state index contributed by atoms with van der Waals surface area (Å²) in [5.74, 6) is -0.827. The van der Waals surface area contributed by atoms with Gasteiger partial charge in [-0.3, -0.25) is 4.79 Å². The number of hydrogen-bond acceptors (Lipinski definition) is 3. The SMILES string of the molecule is O=C(O)C(CN1CCCCC1)CN1CCCCC1. The van der Waals surface area contributed by atoms with Crippen molar-refractivity contribution in [2.45, 2.75) is 38.5 Å². The van der Waals surface area contributed by atoms with Gasteiger partial charge in [0.1, 0.15) is 0 Å². The quantitative estimate of drug-likeness (QED) is 0.810. The van der Waals surface area contributed by atoms with E-state index >= 15 is 0 Å². The zero-order valence-electron chi connectivity index (χ0n) is 11.3. The van der Waals surface area contributed by atoms with Crippen molar-refractivity contribution in [2.75, 3.05) is 39.3 Å². The van der Waals surface area contributed by atoms with E-state index in [0.29, 0.717) is 0 Å². The Morgan fingerprint density at radius 1 is 0.833 bits per heavy atom. The molecule has 2 heterocycles. The molecule has 104 valence electrons. The molecule has 0 saturated carbocycles. The fourth-order valence-electron chi connectivity index (χ4n) is 3.12. The molecule has 0 aromatic rings. The van der Waals surface area contributed by atoms with Crippen LogP contribution in [0.25, 0.3) is 0 Å². The molecule has 2 aliphatic heterocycles. The van der Waals surface area contributed by atoms with Crippen molar-refractivity contribution in [3.8, 4) is 0 Å². The molecule has 2 rings (SSSR count). The van der Waals surface area contributed by atoms with E-state index in [1.165, 1.54) is 38.5 Å². The monoisotopic (exact) mass is 254 g/mol. The summed E-state index contributed by atoms with van der Waals surface area (Å²) < 4.78 is 0. The summed E-state index contributed by atoms with van der Waals surface area (Å²) in [6.45, 7) is 5.83. The Morgan fingerprint density at radius 3 is 1.56 bits per heavy atom. The topological polar surface area (TPSA) is 43.8 Å². The second-order valence-electron chi connectivity index (χ2n) is 5.76. The minimum absolute atomic E-state index is 0.207. The van der Waals surface area contributed by atoms with Gasteiger partial charge in [-0.1, -0.05) is 12.8 Å². The molecule has 0 bridgehead atoms. The third kappa shape index (κ3) is 4.25. The van der Waals surface area contributed by atoms with Gasteiger partial charge in [-0.05, 0) is 51.9 Å². The standard InChI is InChI=1S/C14H26N2O2/c17-14(18)13(11-15-7-3-1-4-8-15)12-16-9-5-2-6-10-16/h13H,1-12H2,(H,17,18). The van der Waals surface area contributed by atoms with E-state index in [0.717, 1.165) is 39.3 Å². The average Bonchev–Trinajstić information content (AvgIpc) is 2.40. The minimum Gasteiger partial charge on any atom is -0.481 e. The molecule has 0 spiro atoms. The van der Waals surface area contributed by atoms with Gasteiger partial charge < -0.3 is 14.9 Å². The first kappa shape index (κ1) is 13.8. The first-order chi connectivity index (χ1) is 8.75. The highest BCUT2D eigenvalue weighted by Crippen LogP contribution is 2.15. The van der Waals surface area contributed by atoms with Crippen molar-refractivity contribution in [1.82, 2.24) is 9.80 Å². The van der Waals surface area contributed by atoms with Crippen molar-refractivity contribution in [3.63, 3.8) is 0 Å². The molecule has 2 aliphatic rings. The lowest BCUT2D eigenvalue weighted by atomic mass is 10.0. The first-order valence-corrected chi connectivity index (χ1v) is 7.43. The maximum absolute atomic E-state index is 11.4. The Morgan fingerprint density at radius 2 is 1.22 bits per heavy atom. The Labute approximate surface area is 110 Å². The highest BCUT2D eigenvalue weighted by molar-refractivity contribution is 5.70. The minimum atomic E-state index is -0.619. The van der Waals surface area contributed by atoms with Gasteiger partial charge in [0.2, 0.25) is 0 Å². The summed E-state index contributed by atoms with van der Waals surface area (Å²) >= 11 is 0. The van der Waals surface area contributed by atoms with E-state index in [4.69, 9.17) is 0 Å². The lowest BCUT2D eigenvalue weighted by Crippen LogP contribution is -2.43. The number of likely N-dealkylation sites (tertiary alicyclic amines) is 2. The maximum atomic E-state index is 11.4. The van der Waals surface area contributed by atoms with Crippen molar-refractivity contribution in [2.24, 2.45) is 5.92 Å². The molecular formula is C14H26N2O2. The smallest absolute Gasteiger partial charge is 0.309 e. The van der Waals surface area contributed by atoms with E-state index in [2.05, 4.69) is 9.80 Å². The number of rotatable bonds is 5. The molecule has 18 heavy (non-hydrogen) atoms. The van der Waals surface area contributed by atoms with Gasteiger partial charge in [0.05, 0.1) is 5.92 Å². The zero-order chi connectivity index (χ0) is 12.8. The second kappa shape index (κ2) is 7.10. The third-order valence-corrected chi connectivity index (χ3v) is 4.20. The number of carbonyl (C=O) groups is 1. The van der Waals surface area contributed by atoms with Crippen molar-refractivity contribution in [3.05, 3.63) is 0 Å². The van der Waals surface area contributed by atoms with Crippen molar-refractivity contribution < 1.29 is 9.90 Å². The lowest BCUT2D eigenvalue weighted by molar-refractivity contribution is -0.143. The molecule has 0 aliphatic carbocycles. The van der Waals surface area contributed by atoms with Crippen LogP contribution in [0.15, 0.2) is 0 Å². The van der Waals surface area contributed by atoms with Crippen LogP contribution >= 0.6 is 0 Å². The first-order valence-electron chi connectivity index (χ1n) is 7.43. The van der Waals surface area contributed by atoms with E-state index in [9.17, 15) is 9.90 Å². The summed E-state index contributed by atoms with van der Waals surface area (Å²) in [5.41, 5.74) is 0. The van der Waals surface area contributed by atoms with Crippen LogP contribution in [0.4, 0.5) is 0 Å². The fraction of sp³-hybridized carbons (Fsp3) is 0.929. The van der Waals surface area contributed by atoms with Gasteiger partial charge in [0.15, 0.2) is 0 Å². The predicted octanol–water partition coefficient (Wildman–Crippen LogP) is 1.66. The van der Waals surface area contributed by atoms with Gasteiger partial charge >= 0.3 is 5.97 Å². The van der Waals surface area contributed by atoms with Crippen LogP contribution in [-0.2, 0) is 4.79 Å². The van der Waals surface area contributed by atoms with Crippen LogP contribution in [0.3, 0.4) is 0 Å². The number of hydrogen-bond donors (Lipinski definition) is 1. The van der Waals surface area contributed by atoms with Crippen LogP contribution in [0.2, 0.25) is 0 Å². The van der Waals surface area contributed by atoms with Crippen LogP contribution in [0.5, 0.6) is 0 Å². The third-order valence-electron chi connectivity index (χ3n) is 4.20. The Balaban J connectivity index is 1.80. The molecule has 2 fully saturated rings. The van der Waals surface area contributed by atoms with Crippen LogP contribution in [0, 0.1) is 5.92 Å². The van der Waals surface area contributed by atoms with Gasteiger partial charge in [-0.25, -0.2) is 0 Å². The van der Waals surface area contributed by atoms with Crippen LogP contribution in [0.1, 0.15) is 38.5 Å². The van der Waals surface area contributed by atoms with E-state index in [1.54, 1.807) is 0 Å². The summed E-state index contributed by atoms with van der Waals surface area (Å²) in [4.78, 5) is 16.1. The van der Waals surface area contributed by atoms with Crippen LogP contribution < -0.4 is 0 Å². The number of aliphatic carboxylic acids is 1. The Hall–Kier alpha value is -0.610. The zero-order valence-corrected chi connectivity index (χ0v) is 11.3. The van der Waals surface area contributed by atoms with E-state index < -0.39 is 5.97 Å². The van der Waals surface area contributed by atoms with Crippen molar-refractivity contribution in [1.29, 1.82) is 0 Å². The molecule has 0 amide bonds. The number of nitrogens with zero attached hydrogens (tertiary/aromatic N) is 2. The summed E-state index contributed by atoms with van der Waals surface area (Å²) in [6.07, 6.45) is 7.54. The van der Waals surface area contributed by atoms with Crippen LogP contribution in [-0.4, -0.2) is 60.1 Å². The van der Waals surface area contributed by atoms with E-state index in [1.807, 2.05) is 0 Å². The number of piperidine rings is 2. The molecule has 0 aromatic heterocycles. The van der Waals surface area contributed by atoms with Gasteiger partial charge in [-0.2, -0.15) is 0 Å². The molecular weight excluding hydrogens is 228 g/mol. The van der Waals surface area contributed by atoms with Crippen molar-refractivity contribution >= 4 is 5.97 Å². The van der Waals surface area contributed by atoms with Gasteiger partial charge in [0.25, 0.3) is 0 Å². The summed E-state index contributed by atoms with van der Waals surface area (Å²) in [7, 11) is 0. The number of carboxylic acid groups (broad SMARTS) is 1. The summed E-state index contributed by atoms with van der Waals surface area (Å²) in [6, 6.07) is 0. The average molecular weight is 254 g/mol. The highest BCUT2D eigenvalue weighted by Gasteiger charge is 2.25. The maximum Gasteiger partial charge on any atom is 0.309 e. The molecule has 0 aromatic carbocycles. The highest BCUT2D eigenvalue weighted by atomic mass is 16.4. The molecule has 0 unspecified atom stereocenters.